The second kappa shape index (κ2) is 8.11. The maximum Gasteiger partial charge on any atom is 0.273 e. The summed E-state index contributed by atoms with van der Waals surface area (Å²) < 4.78 is 11.6. The Morgan fingerprint density at radius 3 is 2.80 bits per heavy atom. The van der Waals surface area contributed by atoms with Gasteiger partial charge in [0.2, 0.25) is 0 Å². The molecule has 0 saturated carbocycles. The van der Waals surface area contributed by atoms with E-state index in [-0.39, 0.29) is 17.8 Å². The van der Waals surface area contributed by atoms with E-state index < -0.39 is 4.92 Å². The predicted octanol–water partition coefficient (Wildman–Crippen LogP) is 4.25. The molecule has 1 aliphatic heterocycles. The lowest BCUT2D eigenvalue weighted by Gasteiger charge is -2.24. The Hall–Kier alpha value is -3.46. The molecule has 1 N–H and O–H groups in total. The number of hydrogen-bond donors (Lipinski definition) is 1. The van der Waals surface area contributed by atoms with Crippen molar-refractivity contribution in [3.8, 4) is 17.1 Å². The average molecular weight is 424 g/mol. The van der Waals surface area contributed by atoms with Gasteiger partial charge in [0.15, 0.2) is 5.11 Å². The molecule has 0 spiro atoms. The first-order valence-electron chi connectivity index (χ1n) is 9.44. The summed E-state index contributed by atoms with van der Waals surface area (Å²) in [6.07, 6.45) is 1.75. The van der Waals surface area contributed by atoms with E-state index >= 15 is 0 Å². The van der Waals surface area contributed by atoms with E-state index in [9.17, 15) is 10.1 Å². The van der Waals surface area contributed by atoms with Gasteiger partial charge in [0.05, 0.1) is 35.4 Å². The van der Waals surface area contributed by atoms with Gasteiger partial charge in [0.1, 0.15) is 23.3 Å². The third-order valence-corrected chi connectivity index (χ3v) is 5.47. The minimum Gasteiger partial charge on any atom is -0.496 e. The quantitative estimate of drug-likeness (QED) is 0.357. The molecule has 3 heterocycles. The van der Waals surface area contributed by atoms with Gasteiger partial charge in [-0.25, -0.2) is 0 Å². The summed E-state index contributed by atoms with van der Waals surface area (Å²) in [5.41, 5.74) is 1.46. The highest BCUT2D eigenvalue weighted by Gasteiger charge is 2.41. The maximum atomic E-state index is 11.1. The van der Waals surface area contributed by atoms with E-state index in [1.807, 2.05) is 37.3 Å². The molecule has 4 rings (SSSR count). The number of nitro benzene ring substituents is 1. The zero-order valence-electron chi connectivity index (χ0n) is 16.4. The zero-order valence-corrected chi connectivity index (χ0v) is 17.3. The van der Waals surface area contributed by atoms with Crippen LogP contribution < -0.4 is 10.1 Å². The van der Waals surface area contributed by atoms with Crippen molar-refractivity contribution < 1.29 is 14.1 Å². The number of nitrogens with zero attached hydrogens (tertiary/aromatic N) is 3. The molecule has 0 bridgehead atoms. The summed E-state index contributed by atoms with van der Waals surface area (Å²) in [4.78, 5) is 17.1. The van der Waals surface area contributed by atoms with E-state index in [2.05, 4.69) is 15.2 Å². The van der Waals surface area contributed by atoms with Gasteiger partial charge in [-0.1, -0.05) is 6.07 Å². The molecule has 1 aromatic carbocycles. The second-order valence-corrected chi connectivity index (χ2v) is 7.14. The number of benzene rings is 1. The fourth-order valence-electron chi connectivity index (χ4n) is 3.71. The van der Waals surface area contributed by atoms with E-state index in [0.717, 1.165) is 11.5 Å². The van der Waals surface area contributed by atoms with Crippen molar-refractivity contribution in [1.82, 2.24) is 15.2 Å². The SMILES string of the molecule is CCN1C(=S)N[C@@H](c2ccccn2)[C@@H]1c1ccc(-c2ccc([N+](=O)[O-])cc2OC)o1. The van der Waals surface area contributed by atoms with Crippen LogP contribution in [0.4, 0.5) is 5.69 Å². The summed E-state index contributed by atoms with van der Waals surface area (Å²) >= 11 is 5.53. The Balaban J connectivity index is 1.73. The standard InChI is InChI=1S/C21H20N4O4S/c1-3-24-20(19(23-21(24)30)15-6-4-5-11-22-15)17-10-9-16(29-17)14-8-7-13(25(26)27)12-18(14)28-2/h4-12,19-20H,3H2,1-2H3,(H,23,30)/t19-,20-/m0/s1. The monoisotopic (exact) mass is 424 g/mol. The summed E-state index contributed by atoms with van der Waals surface area (Å²) in [7, 11) is 1.47. The summed E-state index contributed by atoms with van der Waals surface area (Å²) in [5.74, 6) is 1.65. The van der Waals surface area contributed by atoms with Gasteiger partial charge in [-0.15, -0.1) is 0 Å². The lowest BCUT2D eigenvalue weighted by Crippen LogP contribution is -2.29. The highest BCUT2D eigenvalue weighted by atomic mass is 32.1. The molecule has 2 atom stereocenters. The van der Waals surface area contributed by atoms with Gasteiger partial charge in [-0.3, -0.25) is 15.1 Å². The van der Waals surface area contributed by atoms with Crippen LogP contribution in [0.2, 0.25) is 0 Å². The van der Waals surface area contributed by atoms with Crippen molar-refractivity contribution in [3.05, 3.63) is 76.3 Å². The molecule has 2 aromatic heterocycles. The number of aromatic nitrogens is 1. The largest absolute Gasteiger partial charge is 0.496 e. The number of furan rings is 1. The molecule has 0 aliphatic carbocycles. The summed E-state index contributed by atoms with van der Waals surface area (Å²) in [5, 5.41) is 15.1. The lowest BCUT2D eigenvalue weighted by molar-refractivity contribution is -0.384. The Labute approximate surface area is 178 Å². The molecule has 154 valence electrons. The number of pyridine rings is 1. The van der Waals surface area contributed by atoms with Gasteiger partial charge in [-0.05, 0) is 49.5 Å². The molecule has 0 amide bonds. The van der Waals surface area contributed by atoms with Crippen molar-refractivity contribution in [2.75, 3.05) is 13.7 Å². The van der Waals surface area contributed by atoms with Crippen molar-refractivity contribution >= 4 is 23.0 Å². The maximum absolute atomic E-state index is 11.1. The Kier molecular flexibility index (Phi) is 5.37. The lowest BCUT2D eigenvalue weighted by atomic mass is 10.0. The van der Waals surface area contributed by atoms with Crippen LogP contribution in [0, 0.1) is 10.1 Å². The molecule has 0 unspecified atom stereocenters. The minimum absolute atomic E-state index is 0.0416. The molecule has 1 aliphatic rings. The Morgan fingerprint density at radius 2 is 2.13 bits per heavy atom. The molecule has 1 saturated heterocycles. The summed E-state index contributed by atoms with van der Waals surface area (Å²) in [6, 6.07) is 13.6. The van der Waals surface area contributed by atoms with Crippen LogP contribution in [-0.2, 0) is 0 Å². The summed E-state index contributed by atoms with van der Waals surface area (Å²) in [6.45, 7) is 2.74. The van der Waals surface area contributed by atoms with Gasteiger partial charge in [0.25, 0.3) is 5.69 Å². The van der Waals surface area contributed by atoms with E-state index in [1.54, 1.807) is 12.3 Å². The van der Waals surface area contributed by atoms with Gasteiger partial charge >= 0.3 is 0 Å². The molecule has 3 aromatic rings. The van der Waals surface area contributed by atoms with E-state index in [1.165, 1.54) is 19.2 Å². The number of rotatable bonds is 6. The van der Waals surface area contributed by atoms with Crippen LogP contribution in [0.25, 0.3) is 11.3 Å². The van der Waals surface area contributed by atoms with E-state index in [4.69, 9.17) is 21.4 Å². The Morgan fingerprint density at radius 1 is 1.30 bits per heavy atom. The van der Waals surface area contributed by atoms with Crippen LogP contribution in [0.5, 0.6) is 5.75 Å². The van der Waals surface area contributed by atoms with Gasteiger partial charge in [-0.2, -0.15) is 0 Å². The van der Waals surface area contributed by atoms with Gasteiger partial charge in [0, 0.05) is 18.8 Å². The Bertz CT molecular complexity index is 1090. The predicted molar refractivity (Wildman–Crippen MR) is 115 cm³/mol. The van der Waals surface area contributed by atoms with Crippen molar-refractivity contribution in [3.63, 3.8) is 0 Å². The number of methoxy groups -OCH3 is 1. The number of non-ortho nitro benzene ring substituents is 1. The average Bonchev–Trinajstić information content (AvgIpc) is 3.37. The van der Waals surface area contributed by atoms with E-state index in [0.29, 0.717) is 28.7 Å². The normalized spacial score (nSPS) is 18.3. The van der Waals surface area contributed by atoms with Crippen molar-refractivity contribution in [1.29, 1.82) is 0 Å². The van der Waals surface area contributed by atoms with Crippen molar-refractivity contribution in [2.45, 2.75) is 19.0 Å². The molecule has 1 fully saturated rings. The number of thiocarbonyl (C=S) groups is 1. The number of nitro groups is 1. The fourth-order valence-corrected chi connectivity index (χ4v) is 4.08. The van der Waals surface area contributed by atoms with Crippen LogP contribution in [0.3, 0.4) is 0 Å². The first kappa shape index (κ1) is 19.8. The van der Waals surface area contributed by atoms with Crippen LogP contribution in [0.1, 0.15) is 30.5 Å². The number of nitrogens with one attached hydrogen (secondary N) is 1. The number of ether oxygens (including phenoxy) is 1. The third kappa shape index (κ3) is 3.48. The third-order valence-electron chi connectivity index (χ3n) is 5.12. The zero-order chi connectivity index (χ0) is 21.3. The molecular weight excluding hydrogens is 404 g/mol. The van der Waals surface area contributed by atoms with Crippen LogP contribution in [-0.4, -0.2) is 33.6 Å². The smallest absolute Gasteiger partial charge is 0.273 e. The van der Waals surface area contributed by atoms with Crippen LogP contribution >= 0.6 is 12.2 Å². The first-order valence-corrected chi connectivity index (χ1v) is 9.85. The topological polar surface area (TPSA) is 93.7 Å². The van der Waals surface area contributed by atoms with Crippen LogP contribution in [0.15, 0.2) is 59.1 Å². The second-order valence-electron chi connectivity index (χ2n) is 6.76. The van der Waals surface area contributed by atoms with Crippen molar-refractivity contribution in [2.24, 2.45) is 0 Å². The minimum atomic E-state index is -0.457. The first-order chi connectivity index (χ1) is 14.5. The highest BCUT2D eigenvalue weighted by Crippen LogP contribution is 2.41. The number of likely N-dealkylation sites (N-methyl/N-ethyl adjacent to an activating group) is 1. The molecule has 8 nitrogen and oxygen atoms in total. The molecule has 0 radical (unpaired) electrons. The fraction of sp³-hybridized carbons (Fsp3) is 0.238. The number of hydrogen-bond acceptors (Lipinski definition) is 6. The molecule has 30 heavy (non-hydrogen) atoms. The highest BCUT2D eigenvalue weighted by molar-refractivity contribution is 7.80. The molecule has 9 heteroatoms. The molecular formula is C21H20N4O4S. The van der Waals surface area contributed by atoms with Gasteiger partial charge < -0.3 is 19.4 Å².